The van der Waals surface area contributed by atoms with E-state index in [0.29, 0.717) is 12.5 Å². The molecule has 4 rings (SSSR count). The maximum Gasteiger partial charge on any atom is 0.124 e. The highest BCUT2D eigenvalue weighted by atomic mass is 16.5. The van der Waals surface area contributed by atoms with Crippen LogP contribution in [0, 0.1) is 5.92 Å². The molecule has 0 saturated heterocycles. The minimum atomic E-state index is 0.345. The lowest BCUT2D eigenvalue weighted by Gasteiger charge is -2.28. The van der Waals surface area contributed by atoms with E-state index in [4.69, 9.17) is 14.5 Å². The number of fused-ring (bicyclic) bond motifs is 1. The number of nitrogens with zero attached hydrogens (tertiary/aromatic N) is 5. The Morgan fingerprint density at radius 3 is 2.33 bits per heavy atom. The average Bonchev–Trinajstić information content (AvgIpc) is 3.27. The van der Waals surface area contributed by atoms with E-state index >= 15 is 0 Å². The number of anilines is 2. The van der Waals surface area contributed by atoms with Crippen molar-refractivity contribution in [2.24, 2.45) is 13.0 Å². The van der Waals surface area contributed by atoms with Crippen molar-refractivity contribution >= 4 is 22.4 Å². The van der Waals surface area contributed by atoms with Crippen molar-refractivity contribution in [2.45, 2.75) is 13.8 Å². The van der Waals surface area contributed by atoms with Gasteiger partial charge in [-0.1, -0.05) is 26.0 Å². The van der Waals surface area contributed by atoms with Crippen LogP contribution in [-0.2, 0) is 7.05 Å². The zero-order valence-corrected chi connectivity index (χ0v) is 19.7. The van der Waals surface area contributed by atoms with Crippen LogP contribution < -0.4 is 14.4 Å². The van der Waals surface area contributed by atoms with Crippen molar-refractivity contribution < 1.29 is 9.47 Å². The SMILES string of the molecule is C=C(CN(c1cc(OC)cc(OC)c1)c1ccc2ncc(-c3cnn(C)c3)nc2c1)C(C)C. The molecular formula is C26H29N5O2. The molecule has 33 heavy (non-hydrogen) atoms. The van der Waals surface area contributed by atoms with E-state index in [2.05, 4.69) is 47.5 Å². The third-order valence-corrected chi connectivity index (χ3v) is 5.66. The molecule has 0 aliphatic carbocycles. The van der Waals surface area contributed by atoms with Crippen LogP contribution in [0.1, 0.15) is 13.8 Å². The van der Waals surface area contributed by atoms with Crippen LogP contribution in [-0.4, -0.2) is 40.5 Å². The van der Waals surface area contributed by atoms with Crippen LogP contribution >= 0.6 is 0 Å². The second-order valence-corrected chi connectivity index (χ2v) is 8.30. The molecule has 0 N–H and O–H groups in total. The molecule has 2 aromatic heterocycles. The van der Waals surface area contributed by atoms with Gasteiger partial charge in [0.05, 0.1) is 43.3 Å². The van der Waals surface area contributed by atoms with Gasteiger partial charge in [0.15, 0.2) is 0 Å². The molecule has 0 bridgehead atoms. The summed E-state index contributed by atoms with van der Waals surface area (Å²) in [6.07, 6.45) is 5.51. The van der Waals surface area contributed by atoms with Crippen molar-refractivity contribution in [3.63, 3.8) is 0 Å². The zero-order valence-electron chi connectivity index (χ0n) is 19.7. The third-order valence-electron chi connectivity index (χ3n) is 5.66. The standard InChI is InChI=1S/C26H29N5O2/c1-17(2)18(3)15-31(21-9-22(32-5)12-23(10-21)33-6)20-7-8-24-25(11-20)29-26(14-27-24)19-13-28-30(4)16-19/h7-14,16-17H,3,15H2,1-2,4-6H3. The Kier molecular flexibility index (Phi) is 6.31. The van der Waals surface area contributed by atoms with Gasteiger partial charge in [-0.15, -0.1) is 0 Å². The number of methoxy groups -OCH3 is 2. The summed E-state index contributed by atoms with van der Waals surface area (Å²) >= 11 is 0. The van der Waals surface area contributed by atoms with Crippen LogP contribution in [0.15, 0.2) is 67.1 Å². The Bertz CT molecular complexity index is 1270. The highest BCUT2D eigenvalue weighted by Gasteiger charge is 2.16. The van der Waals surface area contributed by atoms with Gasteiger partial charge < -0.3 is 14.4 Å². The summed E-state index contributed by atoms with van der Waals surface area (Å²) in [7, 11) is 5.20. The molecule has 4 aromatic rings. The first-order chi connectivity index (χ1) is 15.9. The van der Waals surface area contributed by atoms with E-state index in [1.54, 1.807) is 31.3 Å². The summed E-state index contributed by atoms with van der Waals surface area (Å²) < 4.78 is 12.8. The number of hydrogen-bond donors (Lipinski definition) is 0. The van der Waals surface area contributed by atoms with Gasteiger partial charge in [0.2, 0.25) is 0 Å². The van der Waals surface area contributed by atoms with E-state index < -0.39 is 0 Å². The van der Waals surface area contributed by atoms with Crippen molar-refractivity contribution in [1.29, 1.82) is 0 Å². The van der Waals surface area contributed by atoms with Crippen LogP contribution in [0.4, 0.5) is 11.4 Å². The number of aryl methyl sites for hydroxylation is 1. The zero-order chi connectivity index (χ0) is 23.5. The van der Waals surface area contributed by atoms with E-state index in [-0.39, 0.29) is 0 Å². The van der Waals surface area contributed by atoms with Crippen LogP contribution in [0.5, 0.6) is 11.5 Å². The van der Waals surface area contributed by atoms with Gasteiger partial charge in [-0.3, -0.25) is 9.67 Å². The van der Waals surface area contributed by atoms with E-state index in [9.17, 15) is 0 Å². The minimum absolute atomic E-state index is 0.345. The number of rotatable bonds is 8. The fourth-order valence-electron chi connectivity index (χ4n) is 3.53. The van der Waals surface area contributed by atoms with Crippen LogP contribution in [0.2, 0.25) is 0 Å². The molecule has 0 unspecified atom stereocenters. The van der Waals surface area contributed by atoms with Crippen molar-refractivity contribution in [3.8, 4) is 22.8 Å². The first-order valence-corrected chi connectivity index (χ1v) is 10.8. The lowest BCUT2D eigenvalue weighted by molar-refractivity contribution is 0.394. The van der Waals surface area contributed by atoms with Crippen LogP contribution in [0.25, 0.3) is 22.3 Å². The number of benzene rings is 2. The molecule has 2 heterocycles. The lowest BCUT2D eigenvalue weighted by atomic mass is 10.0. The van der Waals surface area contributed by atoms with Crippen molar-refractivity contribution in [3.05, 3.63) is 67.1 Å². The van der Waals surface area contributed by atoms with Crippen molar-refractivity contribution in [1.82, 2.24) is 19.7 Å². The average molecular weight is 444 g/mol. The van der Waals surface area contributed by atoms with Gasteiger partial charge in [-0.05, 0) is 24.1 Å². The smallest absolute Gasteiger partial charge is 0.124 e. The fraction of sp³-hybridized carbons (Fsp3) is 0.269. The Hall–Kier alpha value is -3.87. The normalized spacial score (nSPS) is 11.1. The maximum absolute atomic E-state index is 5.51. The molecule has 0 spiro atoms. The predicted molar refractivity (Wildman–Crippen MR) is 132 cm³/mol. The first-order valence-electron chi connectivity index (χ1n) is 10.8. The molecule has 0 aliphatic heterocycles. The Morgan fingerprint density at radius 2 is 1.73 bits per heavy atom. The molecule has 170 valence electrons. The summed E-state index contributed by atoms with van der Waals surface area (Å²) in [4.78, 5) is 11.7. The fourth-order valence-corrected chi connectivity index (χ4v) is 3.53. The molecular weight excluding hydrogens is 414 g/mol. The number of ether oxygens (including phenoxy) is 2. The summed E-state index contributed by atoms with van der Waals surface area (Å²) in [6, 6.07) is 12.0. The molecule has 7 heteroatoms. The second-order valence-electron chi connectivity index (χ2n) is 8.30. The number of hydrogen-bond acceptors (Lipinski definition) is 6. The quantitative estimate of drug-likeness (QED) is 0.340. The Labute approximate surface area is 194 Å². The summed E-state index contributed by atoms with van der Waals surface area (Å²) in [5.74, 6) is 1.80. The highest BCUT2D eigenvalue weighted by Crippen LogP contribution is 2.35. The Balaban J connectivity index is 1.82. The topological polar surface area (TPSA) is 65.3 Å². The maximum atomic E-state index is 5.51. The number of aromatic nitrogens is 4. The molecule has 0 aliphatic rings. The van der Waals surface area contributed by atoms with Gasteiger partial charge in [-0.25, -0.2) is 4.98 Å². The lowest BCUT2D eigenvalue weighted by Crippen LogP contribution is -2.21. The van der Waals surface area contributed by atoms with E-state index in [1.165, 1.54) is 0 Å². The van der Waals surface area contributed by atoms with Crippen LogP contribution in [0.3, 0.4) is 0 Å². The molecule has 2 aromatic carbocycles. The summed E-state index contributed by atoms with van der Waals surface area (Å²) in [5, 5.41) is 4.25. The van der Waals surface area contributed by atoms with Gasteiger partial charge in [0.1, 0.15) is 11.5 Å². The second kappa shape index (κ2) is 9.32. The Morgan fingerprint density at radius 1 is 1.00 bits per heavy atom. The van der Waals surface area contributed by atoms with Gasteiger partial charge in [0, 0.05) is 54.9 Å². The molecule has 0 fully saturated rings. The summed E-state index contributed by atoms with van der Waals surface area (Å²) in [5.41, 5.74) is 6.41. The minimum Gasteiger partial charge on any atom is -0.497 e. The summed E-state index contributed by atoms with van der Waals surface area (Å²) in [6.45, 7) is 9.26. The van der Waals surface area contributed by atoms with E-state index in [1.807, 2.05) is 37.5 Å². The highest BCUT2D eigenvalue weighted by molar-refractivity contribution is 5.83. The van der Waals surface area contributed by atoms with E-state index in [0.717, 1.165) is 50.7 Å². The first kappa shape index (κ1) is 22.3. The molecule has 0 saturated carbocycles. The monoisotopic (exact) mass is 443 g/mol. The molecule has 0 atom stereocenters. The van der Waals surface area contributed by atoms with Gasteiger partial charge in [0.25, 0.3) is 0 Å². The molecule has 7 nitrogen and oxygen atoms in total. The van der Waals surface area contributed by atoms with Crippen molar-refractivity contribution in [2.75, 3.05) is 25.7 Å². The van der Waals surface area contributed by atoms with Gasteiger partial charge >= 0.3 is 0 Å². The molecule has 0 radical (unpaired) electrons. The third kappa shape index (κ3) is 4.82. The molecule has 0 amide bonds. The van der Waals surface area contributed by atoms with Gasteiger partial charge in [-0.2, -0.15) is 5.10 Å². The largest absolute Gasteiger partial charge is 0.497 e. The predicted octanol–water partition coefficient (Wildman–Crippen LogP) is 5.40.